The maximum absolute atomic E-state index is 12.8. The molecule has 1 unspecified atom stereocenters. The summed E-state index contributed by atoms with van der Waals surface area (Å²) in [4.78, 5) is 6.13. The molecule has 0 radical (unpaired) electrons. The first kappa shape index (κ1) is 15.6. The zero-order valence-corrected chi connectivity index (χ0v) is 11.9. The molecule has 0 bridgehead atoms. The number of hydrogen-bond donors (Lipinski definition) is 1. The molecule has 2 N–H and O–H groups in total. The van der Waals surface area contributed by atoms with Crippen molar-refractivity contribution in [3.8, 4) is 0 Å². The molecular weight excluding hydrogens is 283 g/mol. The molecule has 21 heavy (non-hydrogen) atoms. The van der Waals surface area contributed by atoms with E-state index in [2.05, 4.69) is 10.1 Å². The van der Waals surface area contributed by atoms with Crippen molar-refractivity contribution in [2.45, 2.75) is 20.0 Å². The van der Waals surface area contributed by atoms with E-state index < -0.39 is 11.9 Å². The predicted octanol–water partition coefficient (Wildman–Crippen LogP) is 2.17. The van der Waals surface area contributed by atoms with Crippen molar-refractivity contribution in [1.29, 1.82) is 0 Å². The second-order valence-corrected chi connectivity index (χ2v) is 4.99. The first-order valence-corrected chi connectivity index (χ1v) is 6.73. The van der Waals surface area contributed by atoms with Crippen LogP contribution in [0.25, 0.3) is 5.52 Å². The van der Waals surface area contributed by atoms with Gasteiger partial charge in [-0.05, 0) is 19.4 Å². The Hall–Kier alpha value is -1.83. The smallest absolute Gasteiger partial charge is 0.355 e. The van der Waals surface area contributed by atoms with Gasteiger partial charge in [-0.25, -0.2) is 9.50 Å². The van der Waals surface area contributed by atoms with Crippen LogP contribution < -0.4 is 10.6 Å². The summed E-state index contributed by atoms with van der Waals surface area (Å²) in [6, 6.07) is 1.03. The standard InChI is InChI=1S/C13H18F3N5/c1-3-20(8-9(2)7-17)12-10-6-11(13(14,15)16)19-21(10)5-4-18-12/h4-6,9H,3,7-8,17H2,1-2H3. The van der Waals surface area contributed by atoms with Crippen molar-refractivity contribution in [3.05, 3.63) is 24.2 Å². The van der Waals surface area contributed by atoms with E-state index in [0.717, 1.165) is 6.07 Å². The highest BCUT2D eigenvalue weighted by Crippen LogP contribution is 2.30. The minimum absolute atomic E-state index is 0.219. The van der Waals surface area contributed by atoms with Crippen LogP contribution in [0, 0.1) is 5.92 Å². The van der Waals surface area contributed by atoms with Gasteiger partial charge in [-0.2, -0.15) is 18.3 Å². The molecule has 0 aliphatic carbocycles. The number of fused-ring (bicyclic) bond motifs is 1. The Kier molecular flexibility index (Phi) is 4.36. The summed E-state index contributed by atoms with van der Waals surface area (Å²) in [5.74, 6) is 0.709. The summed E-state index contributed by atoms with van der Waals surface area (Å²) in [5.41, 5.74) is 5.04. The van der Waals surface area contributed by atoms with Crippen molar-refractivity contribution < 1.29 is 13.2 Å². The lowest BCUT2D eigenvalue weighted by molar-refractivity contribution is -0.141. The lowest BCUT2D eigenvalue weighted by atomic mass is 10.1. The number of nitrogens with two attached hydrogens (primary N) is 1. The van der Waals surface area contributed by atoms with Gasteiger partial charge in [0, 0.05) is 31.5 Å². The van der Waals surface area contributed by atoms with Gasteiger partial charge in [0.25, 0.3) is 0 Å². The molecule has 0 aliphatic rings. The quantitative estimate of drug-likeness (QED) is 0.919. The van der Waals surface area contributed by atoms with Crippen LogP contribution >= 0.6 is 0 Å². The Morgan fingerprint density at radius 2 is 2.14 bits per heavy atom. The molecule has 0 spiro atoms. The third-order valence-corrected chi connectivity index (χ3v) is 3.28. The first-order chi connectivity index (χ1) is 9.86. The second-order valence-electron chi connectivity index (χ2n) is 4.99. The van der Waals surface area contributed by atoms with E-state index in [1.807, 2.05) is 18.7 Å². The van der Waals surface area contributed by atoms with Crippen molar-refractivity contribution in [2.24, 2.45) is 11.7 Å². The summed E-state index contributed by atoms with van der Waals surface area (Å²) in [5, 5.41) is 3.56. The maximum atomic E-state index is 12.8. The van der Waals surface area contributed by atoms with Gasteiger partial charge in [0.2, 0.25) is 0 Å². The van der Waals surface area contributed by atoms with Gasteiger partial charge in [-0.3, -0.25) is 0 Å². The molecular formula is C13H18F3N5. The molecule has 0 aliphatic heterocycles. The summed E-state index contributed by atoms with van der Waals surface area (Å²) < 4.78 is 39.5. The molecule has 0 aromatic carbocycles. The van der Waals surface area contributed by atoms with Crippen LogP contribution in [-0.2, 0) is 6.18 Å². The summed E-state index contributed by atoms with van der Waals surface area (Å²) in [7, 11) is 0. The van der Waals surface area contributed by atoms with Gasteiger partial charge in [0.05, 0.1) is 0 Å². The van der Waals surface area contributed by atoms with E-state index in [9.17, 15) is 13.2 Å². The normalized spacial score (nSPS) is 13.6. The number of nitrogens with zero attached hydrogens (tertiary/aromatic N) is 4. The van der Waals surface area contributed by atoms with Gasteiger partial charge in [0.15, 0.2) is 11.5 Å². The van der Waals surface area contributed by atoms with Crippen LogP contribution in [0.1, 0.15) is 19.5 Å². The minimum Gasteiger partial charge on any atom is -0.355 e. The highest BCUT2D eigenvalue weighted by Gasteiger charge is 2.34. The van der Waals surface area contributed by atoms with E-state index in [-0.39, 0.29) is 5.92 Å². The molecule has 1 atom stereocenters. The van der Waals surface area contributed by atoms with E-state index in [0.29, 0.717) is 31.0 Å². The number of anilines is 1. The van der Waals surface area contributed by atoms with E-state index in [4.69, 9.17) is 5.73 Å². The van der Waals surface area contributed by atoms with Crippen LogP contribution in [-0.4, -0.2) is 34.2 Å². The van der Waals surface area contributed by atoms with E-state index in [1.165, 1.54) is 16.9 Å². The highest BCUT2D eigenvalue weighted by atomic mass is 19.4. The van der Waals surface area contributed by atoms with Crippen LogP contribution in [0.15, 0.2) is 18.5 Å². The molecule has 2 aromatic rings. The fourth-order valence-corrected chi connectivity index (χ4v) is 2.11. The Morgan fingerprint density at radius 1 is 1.43 bits per heavy atom. The van der Waals surface area contributed by atoms with Crippen molar-refractivity contribution in [1.82, 2.24) is 14.6 Å². The predicted molar refractivity (Wildman–Crippen MR) is 74.1 cm³/mol. The minimum atomic E-state index is -4.47. The molecule has 0 saturated carbocycles. The van der Waals surface area contributed by atoms with Gasteiger partial charge in [-0.1, -0.05) is 6.92 Å². The topological polar surface area (TPSA) is 59.5 Å². The fourth-order valence-electron chi connectivity index (χ4n) is 2.11. The van der Waals surface area contributed by atoms with Crippen LogP contribution in [0.3, 0.4) is 0 Å². The second kappa shape index (κ2) is 5.88. The van der Waals surface area contributed by atoms with Crippen LogP contribution in [0.5, 0.6) is 0 Å². The largest absolute Gasteiger partial charge is 0.435 e. The zero-order chi connectivity index (χ0) is 15.6. The molecule has 116 valence electrons. The summed E-state index contributed by atoms with van der Waals surface area (Å²) in [6.07, 6.45) is -1.61. The molecule has 0 saturated heterocycles. The third-order valence-electron chi connectivity index (χ3n) is 3.28. The zero-order valence-electron chi connectivity index (χ0n) is 11.9. The van der Waals surface area contributed by atoms with Gasteiger partial charge < -0.3 is 10.6 Å². The number of halogens is 3. The van der Waals surface area contributed by atoms with E-state index >= 15 is 0 Å². The van der Waals surface area contributed by atoms with Crippen LogP contribution in [0.2, 0.25) is 0 Å². The average Bonchev–Trinajstić information content (AvgIpc) is 2.88. The molecule has 0 fully saturated rings. The molecule has 0 amide bonds. The number of alkyl halides is 3. The molecule has 8 heteroatoms. The SMILES string of the molecule is CCN(CC(C)CN)c1nccn2nc(C(F)(F)F)cc12. The van der Waals surface area contributed by atoms with E-state index in [1.54, 1.807) is 0 Å². The molecule has 2 aromatic heterocycles. The number of hydrogen-bond acceptors (Lipinski definition) is 4. The third kappa shape index (κ3) is 3.26. The lowest BCUT2D eigenvalue weighted by Gasteiger charge is -2.25. The van der Waals surface area contributed by atoms with Gasteiger partial charge in [-0.15, -0.1) is 0 Å². The number of rotatable bonds is 5. The summed E-state index contributed by atoms with van der Waals surface area (Å²) >= 11 is 0. The molecule has 2 rings (SSSR count). The molecule has 5 nitrogen and oxygen atoms in total. The average molecular weight is 301 g/mol. The van der Waals surface area contributed by atoms with Gasteiger partial charge >= 0.3 is 6.18 Å². The first-order valence-electron chi connectivity index (χ1n) is 6.73. The Morgan fingerprint density at radius 3 is 2.71 bits per heavy atom. The Labute approximate surface area is 120 Å². The van der Waals surface area contributed by atoms with Crippen molar-refractivity contribution >= 4 is 11.3 Å². The highest BCUT2D eigenvalue weighted by molar-refractivity contribution is 5.69. The van der Waals surface area contributed by atoms with Crippen molar-refractivity contribution in [2.75, 3.05) is 24.5 Å². The maximum Gasteiger partial charge on any atom is 0.435 e. The monoisotopic (exact) mass is 301 g/mol. The summed E-state index contributed by atoms with van der Waals surface area (Å²) in [6.45, 7) is 5.68. The van der Waals surface area contributed by atoms with Crippen molar-refractivity contribution in [3.63, 3.8) is 0 Å². The Balaban J connectivity index is 2.45. The Bertz CT molecular complexity index is 607. The number of aromatic nitrogens is 3. The van der Waals surface area contributed by atoms with Crippen LogP contribution in [0.4, 0.5) is 19.0 Å². The molecule has 2 heterocycles. The van der Waals surface area contributed by atoms with Gasteiger partial charge in [0.1, 0.15) is 5.52 Å². The fraction of sp³-hybridized carbons (Fsp3) is 0.538. The lowest BCUT2D eigenvalue weighted by Crippen LogP contribution is -2.32.